The molecule has 0 unspecified atom stereocenters. The molecule has 6 heteroatoms. The smallest absolute Gasteiger partial charge is 0.265 e. The summed E-state index contributed by atoms with van der Waals surface area (Å²) in [5.74, 6) is 0.359. The van der Waals surface area contributed by atoms with Crippen LogP contribution in [0.3, 0.4) is 0 Å². The van der Waals surface area contributed by atoms with Crippen LogP contribution in [-0.4, -0.2) is 16.5 Å². The Morgan fingerprint density at radius 2 is 2.08 bits per heavy atom. The highest BCUT2D eigenvalue weighted by atomic mass is 32.1. The van der Waals surface area contributed by atoms with Crippen molar-refractivity contribution >= 4 is 35.3 Å². The number of anilines is 1. The summed E-state index contributed by atoms with van der Waals surface area (Å²) in [6.45, 7) is 4.16. The largest absolute Gasteiger partial charge is 0.383 e. The van der Waals surface area contributed by atoms with Crippen molar-refractivity contribution < 1.29 is 4.79 Å². The third-order valence-corrected chi connectivity index (χ3v) is 6.31. The van der Waals surface area contributed by atoms with Gasteiger partial charge in [0, 0.05) is 6.04 Å². The number of hydrogen-bond donors (Lipinski definition) is 2. The van der Waals surface area contributed by atoms with E-state index in [2.05, 4.69) is 31.3 Å². The number of carbonyl (C=O) groups is 1. The summed E-state index contributed by atoms with van der Waals surface area (Å²) in [4.78, 5) is 13.3. The summed E-state index contributed by atoms with van der Waals surface area (Å²) in [5.41, 5.74) is 9.69. The molecule has 1 amide bonds. The minimum absolute atomic E-state index is 0.0918. The number of nitrogens with zero attached hydrogens (tertiary/aromatic N) is 1. The molecule has 2 aromatic rings. The fraction of sp³-hybridized carbons (Fsp3) is 0.474. The minimum Gasteiger partial charge on any atom is -0.383 e. The fourth-order valence-electron chi connectivity index (χ4n) is 3.58. The lowest BCUT2D eigenvalue weighted by molar-refractivity contribution is 0.0932. The monoisotopic (exact) mass is 375 g/mol. The van der Waals surface area contributed by atoms with Crippen molar-refractivity contribution in [1.82, 2.24) is 9.88 Å². The summed E-state index contributed by atoms with van der Waals surface area (Å²) in [7, 11) is 0. The van der Waals surface area contributed by atoms with Crippen molar-refractivity contribution in [3.8, 4) is 5.69 Å². The Labute approximate surface area is 158 Å². The number of benzene rings is 1. The molecule has 134 valence electrons. The molecule has 1 heterocycles. The number of nitrogens with two attached hydrogens (primary N) is 1. The van der Waals surface area contributed by atoms with Crippen LogP contribution < -0.4 is 11.1 Å². The minimum atomic E-state index is -0.0918. The van der Waals surface area contributed by atoms with E-state index < -0.39 is 0 Å². The van der Waals surface area contributed by atoms with Crippen molar-refractivity contribution in [2.75, 3.05) is 5.73 Å². The zero-order valence-corrected chi connectivity index (χ0v) is 16.4. The predicted octanol–water partition coefficient (Wildman–Crippen LogP) is 4.78. The second-order valence-corrected chi connectivity index (χ2v) is 8.31. The van der Waals surface area contributed by atoms with Crippen molar-refractivity contribution in [3.05, 3.63) is 38.2 Å². The lowest BCUT2D eigenvalue weighted by Gasteiger charge is -2.22. The lowest BCUT2D eigenvalue weighted by atomic mass is 9.95. The maximum Gasteiger partial charge on any atom is 0.265 e. The SMILES string of the molecule is CCc1cccc(C)c1-n1c(N)c(C(=O)NC2CCCCC2)sc1=S. The molecule has 0 atom stereocenters. The van der Waals surface area contributed by atoms with Crippen LogP contribution in [0.5, 0.6) is 0 Å². The first-order valence-electron chi connectivity index (χ1n) is 8.94. The van der Waals surface area contributed by atoms with Crippen LogP contribution in [0.2, 0.25) is 0 Å². The highest BCUT2D eigenvalue weighted by Crippen LogP contribution is 2.30. The molecule has 1 fully saturated rings. The second kappa shape index (κ2) is 7.70. The standard InChI is InChI=1S/C19H25N3OS2/c1-3-13-9-7-8-12(2)15(13)22-17(20)16(25-19(22)24)18(23)21-14-10-5-4-6-11-14/h7-9,14H,3-6,10-11,20H2,1-2H3,(H,21,23). The van der Waals surface area contributed by atoms with Gasteiger partial charge in [0.05, 0.1) is 5.69 Å². The molecule has 0 spiro atoms. The Morgan fingerprint density at radius 3 is 2.76 bits per heavy atom. The first kappa shape index (κ1) is 18.1. The topological polar surface area (TPSA) is 60.0 Å². The summed E-state index contributed by atoms with van der Waals surface area (Å²) >= 11 is 6.86. The first-order chi connectivity index (χ1) is 12.0. The summed E-state index contributed by atoms with van der Waals surface area (Å²) in [5, 5.41) is 3.14. The van der Waals surface area contributed by atoms with Crippen molar-refractivity contribution in [3.63, 3.8) is 0 Å². The highest BCUT2D eigenvalue weighted by molar-refractivity contribution is 7.73. The van der Waals surface area contributed by atoms with E-state index in [-0.39, 0.29) is 11.9 Å². The van der Waals surface area contributed by atoms with Crippen molar-refractivity contribution in [1.29, 1.82) is 0 Å². The molecule has 1 aliphatic carbocycles. The van der Waals surface area contributed by atoms with Crippen LogP contribution in [-0.2, 0) is 6.42 Å². The van der Waals surface area contributed by atoms with Gasteiger partial charge in [0.1, 0.15) is 10.7 Å². The summed E-state index contributed by atoms with van der Waals surface area (Å²) < 4.78 is 2.49. The van der Waals surface area contributed by atoms with E-state index in [4.69, 9.17) is 18.0 Å². The van der Waals surface area contributed by atoms with Gasteiger partial charge in [-0.3, -0.25) is 9.36 Å². The molecule has 1 aromatic carbocycles. The normalized spacial score (nSPS) is 15.3. The van der Waals surface area contributed by atoms with Gasteiger partial charge >= 0.3 is 0 Å². The lowest BCUT2D eigenvalue weighted by Crippen LogP contribution is -2.36. The number of nitrogen functional groups attached to an aromatic ring is 1. The number of thiazole rings is 1. The average Bonchev–Trinajstić information content (AvgIpc) is 2.90. The van der Waals surface area contributed by atoms with Crippen molar-refractivity contribution in [2.24, 2.45) is 0 Å². The number of para-hydroxylation sites is 1. The number of rotatable bonds is 4. The maximum absolute atomic E-state index is 12.7. The van der Waals surface area contributed by atoms with Crippen molar-refractivity contribution in [2.45, 2.75) is 58.4 Å². The number of carbonyl (C=O) groups excluding carboxylic acids is 1. The molecule has 0 radical (unpaired) electrons. The third kappa shape index (κ3) is 3.65. The molecular formula is C19H25N3OS2. The molecule has 4 nitrogen and oxygen atoms in total. The molecule has 0 bridgehead atoms. The van der Waals surface area contributed by atoms with Crippen LogP contribution in [0.1, 0.15) is 59.8 Å². The predicted molar refractivity (Wildman–Crippen MR) is 107 cm³/mol. The number of aryl methyl sites for hydroxylation is 2. The molecule has 0 saturated heterocycles. The Bertz CT molecular complexity index is 832. The molecular weight excluding hydrogens is 350 g/mol. The van der Waals surface area contributed by atoms with Gasteiger partial charge in [-0.15, -0.1) is 0 Å². The van der Waals surface area contributed by atoms with E-state index in [1.165, 1.54) is 36.2 Å². The zero-order chi connectivity index (χ0) is 18.0. The van der Waals surface area contributed by atoms with E-state index in [1.54, 1.807) is 0 Å². The van der Waals surface area contributed by atoms with Gasteiger partial charge in [-0.05, 0) is 49.5 Å². The van der Waals surface area contributed by atoms with Gasteiger partial charge < -0.3 is 11.1 Å². The Hall–Kier alpha value is -1.66. The molecule has 3 rings (SSSR count). The summed E-state index contributed by atoms with van der Waals surface area (Å²) in [6.07, 6.45) is 6.61. The summed E-state index contributed by atoms with van der Waals surface area (Å²) in [6, 6.07) is 6.44. The van der Waals surface area contributed by atoms with Gasteiger partial charge in [0.2, 0.25) is 0 Å². The second-order valence-electron chi connectivity index (χ2n) is 6.66. The van der Waals surface area contributed by atoms with E-state index in [0.29, 0.717) is 14.6 Å². The maximum atomic E-state index is 12.7. The highest BCUT2D eigenvalue weighted by Gasteiger charge is 2.23. The molecule has 3 N–H and O–H groups in total. The average molecular weight is 376 g/mol. The molecule has 25 heavy (non-hydrogen) atoms. The third-order valence-electron chi connectivity index (χ3n) is 4.92. The number of nitrogens with one attached hydrogen (secondary N) is 1. The van der Waals surface area contributed by atoms with Crippen LogP contribution in [0.4, 0.5) is 5.82 Å². The van der Waals surface area contributed by atoms with Gasteiger partial charge in [-0.25, -0.2) is 0 Å². The zero-order valence-electron chi connectivity index (χ0n) is 14.8. The number of hydrogen-bond acceptors (Lipinski definition) is 4. The Kier molecular flexibility index (Phi) is 5.59. The van der Waals surface area contributed by atoms with Gasteiger partial charge in [0.25, 0.3) is 5.91 Å². The van der Waals surface area contributed by atoms with Crippen LogP contribution >= 0.6 is 23.6 Å². The van der Waals surface area contributed by atoms with Gasteiger partial charge in [-0.1, -0.05) is 55.7 Å². The molecule has 0 aliphatic heterocycles. The number of amides is 1. The first-order valence-corrected chi connectivity index (χ1v) is 10.2. The van der Waals surface area contributed by atoms with Crippen LogP contribution in [0.25, 0.3) is 5.69 Å². The van der Waals surface area contributed by atoms with Gasteiger partial charge in [0.15, 0.2) is 3.95 Å². The van der Waals surface area contributed by atoms with E-state index >= 15 is 0 Å². The fourth-order valence-corrected chi connectivity index (χ4v) is 4.83. The quantitative estimate of drug-likeness (QED) is 0.756. The van der Waals surface area contributed by atoms with Crippen LogP contribution in [0, 0.1) is 10.9 Å². The molecule has 1 saturated carbocycles. The van der Waals surface area contributed by atoms with Crippen LogP contribution in [0.15, 0.2) is 18.2 Å². The Balaban J connectivity index is 1.97. The molecule has 1 aliphatic rings. The Morgan fingerprint density at radius 1 is 1.36 bits per heavy atom. The number of aromatic nitrogens is 1. The van der Waals surface area contributed by atoms with E-state index in [1.807, 2.05) is 10.6 Å². The van der Waals surface area contributed by atoms with E-state index in [9.17, 15) is 4.79 Å². The van der Waals surface area contributed by atoms with Gasteiger partial charge in [-0.2, -0.15) is 0 Å². The van der Waals surface area contributed by atoms with E-state index in [0.717, 1.165) is 30.5 Å². The molecule has 1 aromatic heterocycles.